The van der Waals surface area contributed by atoms with Crippen LogP contribution in [0, 0.1) is 28.4 Å². The highest BCUT2D eigenvalue weighted by molar-refractivity contribution is 5.89. The average Bonchev–Trinajstić information content (AvgIpc) is 2.49. The molecule has 7 nitrogen and oxygen atoms in total. The Balaban J connectivity index is 2.53. The van der Waals surface area contributed by atoms with E-state index >= 15 is 0 Å². The van der Waals surface area contributed by atoms with Crippen LogP contribution in [-0.4, -0.2) is 20.1 Å². The van der Waals surface area contributed by atoms with Crippen LogP contribution < -0.4 is 0 Å². The summed E-state index contributed by atoms with van der Waals surface area (Å²) in [4.78, 5) is 14.1. The molecule has 2 N–H and O–H groups in total. The summed E-state index contributed by atoms with van der Waals surface area (Å²) in [7, 11) is 0. The van der Waals surface area contributed by atoms with Crippen LogP contribution >= 0.6 is 0 Å². The predicted molar refractivity (Wildman–Crippen MR) is 78.9 cm³/mol. The minimum atomic E-state index is -0.817. The first-order valence-corrected chi connectivity index (χ1v) is 6.17. The molecule has 0 saturated heterocycles. The maximum absolute atomic E-state index is 10.8. The molecule has 0 unspecified atom stereocenters. The molecule has 0 aliphatic carbocycles. The molecule has 7 heteroatoms. The molecule has 22 heavy (non-hydrogen) atoms. The Kier molecular flexibility index (Phi) is 4.04. The largest absolute Gasteiger partial charge is 0.504 e. The van der Waals surface area contributed by atoms with Crippen molar-refractivity contribution in [1.29, 1.82) is 5.26 Å². The second-order valence-electron chi connectivity index (χ2n) is 4.56. The molecule has 0 aliphatic heterocycles. The Morgan fingerprint density at radius 3 is 2.68 bits per heavy atom. The number of aromatic nitrogens is 1. The van der Waals surface area contributed by atoms with Gasteiger partial charge in [0.2, 0.25) is 5.75 Å². The van der Waals surface area contributed by atoms with Crippen molar-refractivity contribution in [2.75, 3.05) is 0 Å². The molecule has 2 aromatic rings. The van der Waals surface area contributed by atoms with Gasteiger partial charge in [0.1, 0.15) is 6.07 Å². The number of nitro benzene ring substituents is 1. The fraction of sp³-hybridized carbons (Fsp3) is 0.0667. The first-order valence-electron chi connectivity index (χ1n) is 6.17. The standard InChI is InChI=1S/C15H11N3O4/c1-9-2-3-12(17-8-9)11(7-16)4-10-5-13(18(21)22)15(20)14(19)6-10/h2-6,8,19-20H,1H3/b11-4+. The van der Waals surface area contributed by atoms with Gasteiger partial charge >= 0.3 is 5.69 Å². The number of nitriles is 1. The van der Waals surface area contributed by atoms with E-state index in [9.17, 15) is 25.6 Å². The van der Waals surface area contributed by atoms with Gasteiger partial charge in [-0.3, -0.25) is 15.1 Å². The molecule has 0 spiro atoms. The fourth-order valence-electron chi connectivity index (χ4n) is 1.81. The number of hydrogen-bond donors (Lipinski definition) is 2. The number of hydrogen-bond acceptors (Lipinski definition) is 6. The zero-order valence-electron chi connectivity index (χ0n) is 11.5. The lowest BCUT2D eigenvalue weighted by molar-refractivity contribution is -0.386. The summed E-state index contributed by atoms with van der Waals surface area (Å²) in [6, 6.07) is 7.59. The van der Waals surface area contributed by atoms with Crippen molar-refractivity contribution in [2.45, 2.75) is 6.92 Å². The minimum absolute atomic E-state index is 0.180. The number of nitrogens with zero attached hydrogens (tertiary/aromatic N) is 3. The van der Waals surface area contributed by atoms with Crippen LogP contribution in [0.25, 0.3) is 11.6 Å². The van der Waals surface area contributed by atoms with Crippen LogP contribution in [-0.2, 0) is 0 Å². The molecule has 1 aromatic carbocycles. The summed E-state index contributed by atoms with van der Waals surface area (Å²) in [5.41, 5.74) is 1.09. The van der Waals surface area contributed by atoms with E-state index in [4.69, 9.17) is 0 Å². The highest BCUT2D eigenvalue weighted by atomic mass is 16.6. The number of nitro groups is 1. The van der Waals surface area contributed by atoms with Crippen LogP contribution in [0.4, 0.5) is 5.69 Å². The number of pyridine rings is 1. The zero-order chi connectivity index (χ0) is 16.3. The highest BCUT2D eigenvalue weighted by Crippen LogP contribution is 2.36. The molecule has 0 bridgehead atoms. The van der Waals surface area contributed by atoms with Crippen molar-refractivity contribution in [3.63, 3.8) is 0 Å². The molecular formula is C15H11N3O4. The van der Waals surface area contributed by atoms with Gasteiger partial charge in [-0.25, -0.2) is 0 Å². The van der Waals surface area contributed by atoms with Gasteiger partial charge < -0.3 is 10.2 Å². The fourth-order valence-corrected chi connectivity index (χ4v) is 1.81. The molecule has 0 radical (unpaired) electrons. The van der Waals surface area contributed by atoms with E-state index < -0.39 is 22.1 Å². The first kappa shape index (κ1) is 15.0. The summed E-state index contributed by atoms with van der Waals surface area (Å²) in [6.45, 7) is 1.86. The van der Waals surface area contributed by atoms with Crippen LogP contribution in [0.15, 0.2) is 30.5 Å². The van der Waals surface area contributed by atoms with Crippen LogP contribution in [0.5, 0.6) is 11.5 Å². The molecule has 0 aliphatic rings. The van der Waals surface area contributed by atoms with Gasteiger partial charge in [-0.1, -0.05) is 6.07 Å². The van der Waals surface area contributed by atoms with E-state index in [-0.39, 0.29) is 11.1 Å². The average molecular weight is 297 g/mol. The van der Waals surface area contributed by atoms with E-state index in [1.54, 1.807) is 18.3 Å². The van der Waals surface area contributed by atoms with Crippen LogP contribution in [0.3, 0.4) is 0 Å². The van der Waals surface area contributed by atoms with Crippen molar-refractivity contribution in [3.05, 3.63) is 57.4 Å². The molecular weight excluding hydrogens is 286 g/mol. The third-order valence-electron chi connectivity index (χ3n) is 2.91. The van der Waals surface area contributed by atoms with Crippen LogP contribution in [0.2, 0.25) is 0 Å². The number of rotatable bonds is 3. The predicted octanol–water partition coefficient (Wildman–Crippen LogP) is 2.77. The quantitative estimate of drug-likeness (QED) is 0.389. The maximum Gasteiger partial charge on any atom is 0.315 e. The summed E-state index contributed by atoms with van der Waals surface area (Å²) in [5, 5.41) is 39.0. The first-order chi connectivity index (χ1) is 10.4. The molecule has 1 heterocycles. The number of phenols is 2. The Bertz CT molecular complexity index is 805. The van der Waals surface area contributed by atoms with Gasteiger partial charge in [0, 0.05) is 12.3 Å². The van der Waals surface area contributed by atoms with Crippen molar-refractivity contribution < 1.29 is 15.1 Å². The summed E-state index contributed by atoms with van der Waals surface area (Å²) in [6.07, 6.45) is 2.95. The minimum Gasteiger partial charge on any atom is -0.504 e. The molecule has 0 fully saturated rings. The van der Waals surface area contributed by atoms with Gasteiger partial charge in [0.05, 0.1) is 16.2 Å². The number of phenolic OH excluding ortho intramolecular Hbond substituents is 2. The van der Waals surface area contributed by atoms with Gasteiger partial charge in [0.25, 0.3) is 0 Å². The van der Waals surface area contributed by atoms with Crippen molar-refractivity contribution >= 4 is 17.3 Å². The Morgan fingerprint density at radius 1 is 1.41 bits per heavy atom. The van der Waals surface area contributed by atoms with Gasteiger partial charge in [-0.2, -0.15) is 5.26 Å². The van der Waals surface area contributed by atoms with Crippen molar-refractivity contribution in [1.82, 2.24) is 4.98 Å². The van der Waals surface area contributed by atoms with E-state index in [1.807, 2.05) is 13.0 Å². The Morgan fingerprint density at radius 2 is 2.14 bits per heavy atom. The molecule has 2 rings (SSSR count). The number of allylic oxidation sites excluding steroid dienone is 1. The van der Waals surface area contributed by atoms with E-state index in [2.05, 4.69) is 4.98 Å². The Hall–Kier alpha value is -3.40. The van der Waals surface area contributed by atoms with Gasteiger partial charge in [0.15, 0.2) is 5.75 Å². The third-order valence-corrected chi connectivity index (χ3v) is 2.91. The number of aromatic hydroxyl groups is 2. The zero-order valence-corrected chi connectivity index (χ0v) is 11.5. The second-order valence-corrected chi connectivity index (χ2v) is 4.56. The van der Waals surface area contributed by atoms with E-state index in [0.717, 1.165) is 17.7 Å². The van der Waals surface area contributed by atoms with Crippen LogP contribution in [0.1, 0.15) is 16.8 Å². The van der Waals surface area contributed by atoms with Gasteiger partial charge in [-0.05, 0) is 36.3 Å². The summed E-state index contributed by atoms with van der Waals surface area (Å²) >= 11 is 0. The second kappa shape index (κ2) is 5.93. The number of aryl methyl sites for hydroxylation is 1. The molecule has 1 aromatic heterocycles. The van der Waals surface area contributed by atoms with Gasteiger partial charge in [-0.15, -0.1) is 0 Å². The molecule has 110 valence electrons. The third kappa shape index (κ3) is 3.02. The van der Waals surface area contributed by atoms with Crippen molar-refractivity contribution in [3.8, 4) is 17.6 Å². The smallest absolute Gasteiger partial charge is 0.315 e. The van der Waals surface area contributed by atoms with Crippen molar-refractivity contribution in [2.24, 2.45) is 0 Å². The number of benzene rings is 1. The lowest BCUT2D eigenvalue weighted by atomic mass is 10.1. The Labute approximate surface area is 125 Å². The lowest BCUT2D eigenvalue weighted by Crippen LogP contribution is -1.91. The summed E-state index contributed by atoms with van der Waals surface area (Å²) in [5.74, 6) is -1.44. The lowest BCUT2D eigenvalue weighted by Gasteiger charge is -2.03. The summed E-state index contributed by atoms with van der Waals surface area (Å²) < 4.78 is 0. The maximum atomic E-state index is 10.8. The monoisotopic (exact) mass is 297 g/mol. The molecule has 0 saturated carbocycles. The topological polar surface area (TPSA) is 120 Å². The highest BCUT2D eigenvalue weighted by Gasteiger charge is 2.18. The van der Waals surface area contributed by atoms with E-state index in [1.165, 1.54) is 6.08 Å². The molecule has 0 atom stereocenters. The normalized spacial score (nSPS) is 11.0. The van der Waals surface area contributed by atoms with E-state index in [0.29, 0.717) is 5.69 Å². The molecule has 0 amide bonds. The SMILES string of the molecule is Cc1ccc(/C(C#N)=C/c2cc(O)c(O)c([N+](=O)[O-])c2)nc1.